The van der Waals surface area contributed by atoms with Crippen molar-refractivity contribution in [2.24, 2.45) is 5.73 Å². The van der Waals surface area contributed by atoms with Gasteiger partial charge in [-0.25, -0.2) is 9.78 Å². The summed E-state index contributed by atoms with van der Waals surface area (Å²) in [6.45, 7) is 1.90. The molecule has 4 N–H and O–H groups in total. The number of aromatic nitrogens is 1. The lowest BCUT2D eigenvalue weighted by Gasteiger charge is -2.09. The Bertz CT molecular complexity index is 525. The van der Waals surface area contributed by atoms with Gasteiger partial charge in [0, 0.05) is 23.3 Å². The van der Waals surface area contributed by atoms with Crippen molar-refractivity contribution in [3.8, 4) is 0 Å². The van der Waals surface area contributed by atoms with Gasteiger partial charge in [0.1, 0.15) is 0 Å². The molecule has 0 spiro atoms. The number of hydrogen-bond donors (Lipinski definition) is 3. The fourth-order valence-corrected chi connectivity index (χ4v) is 1.97. The van der Waals surface area contributed by atoms with E-state index >= 15 is 0 Å². The quantitative estimate of drug-likeness (QED) is 0.795. The lowest BCUT2D eigenvalue weighted by molar-refractivity contribution is 0.262. The van der Waals surface area contributed by atoms with E-state index in [1.54, 1.807) is 11.6 Å². The molecule has 2 rings (SSSR count). The summed E-state index contributed by atoms with van der Waals surface area (Å²) in [6, 6.07) is 7.08. The Labute approximate surface area is 109 Å². The molecule has 2 amide bonds. The summed E-state index contributed by atoms with van der Waals surface area (Å²) < 4.78 is 0. The molecule has 0 saturated carbocycles. The minimum Gasteiger partial charge on any atom is -0.324 e. The summed E-state index contributed by atoms with van der Waals surface area (Å²) in [7, 11) is 0. The molecule has 1 aromatic carbocycles. The summed E-state index contributed by atoms with van der Waals surface area (Å²) in [4.78, 5) is 15.6. The highest BCUT2D eigenvalue weighted by Crippen LogP contribution is 2.16. The normalized spacial score (nSPS) is 11.9. The van der Waals surface area contributed by atoms with E-state index in [0.29, 0.717) is 10.8 Å². The molecular weight excluding hydrogens is 248 g/mol. The van der Waals surface area contributed by atoms with E-state index in [9.17, 15) is 4.79 Å². The Balaban J connectivity index is 2.00. The summed E-state index contributed by atoms with van der Waals surface area (Å²) in [6.07, 6.45) is 1.64. The molecule has 1 unspecified atom stereocenters. The SMILES string of the molecule is CC(N)c1cccc(NC(=O)Nc2nccs2)c1. The lowest BCUT2D eigenvalue weighted by atomic mass is 10.1. The van der Waals surface area contributed by atoms with Crippen LogP contribution >= 0.6 is 11.3 Å². The van der Waals surface area contributed by atoms with Gasteiger partial charge in [0.2, 0.25) is 0 Å². The largest absolute Gasteiger partial charge is 0.325 e. The van der Waals surface area contributed by atoms with E-state index in [1.165, 1.54) is 11.3 Å². The van der Waals surface area contributed by atoms with Gasteiger partial charge in [-0.05, 0) is 24.6 Å². The number of thiazole rings is 1. The molecule has 0 aliphatic heterocycles. The Morgan fingerprint density at radius 1 is 1.44 bits per heavy atom. The van der Waals surface area contributed by atoms with Crippen LogP contribution in [-0.2, 0) is 0 Å². The molecule has 0 fully saturated rings. The van der Waals surface area contributed by atoms with E-state index in [1.807, 2.05) is 31.2 Å². The average molecular weight is 262 g/mol. The van der Waals surface area contributed by atoms with Crippen molar-refractivity contribution in [3.63, 3.8) is 0 Å². The maximum atomic E-state index is 11.7. The second-order valence-electron chi connectivity index (χ2n) is 3.83. The van der Waals surface area contributed by atoms with Crippen molar-refractivity contribution >= 4 is 28.2 Å². The van der Waals surface area contributed by atoms with Gasteiger partial charge >= 0.3 is 6.03 Å². The zero-order chi connectivity index (χ0) is 13.0. The third-order valence-corrected chi connectivity index (χ3v) is 3.01. The molecule has 0 radical (unpaired) electrons. The molecule has 94 valence electrons. The van der Waals surface area contributed by atoms with Crippen LogP contribution in [0.15, 0.2) is 35.8 Å². The van der Waals surface area contributed by atoms with Gasteiger partial charge in [0.25, 0.3) is 0 Å². The predicted octanol–water partition coefficient (Wildman–Crippen LogP) is 2.81. The van der Waals surface area contributed by atoms with Crippen LogP contribution in [0.4, 0.5) is 15.6 Å². The van der Waals surface area contributed by atoms with E-state index in [4.69, 9.17) is 5.73 Å². The fourth-order valence-electron chi connectivity index (χ4n) is 1.44. The monoisotopic (exact) mass is 262 g/mol. The third kappa shape index (κ3) is 3.28. The third-order valence-electron chi connectivity index (χ3n) is 2.32. The van der Waals surface area contributed by atoms with Crippen LogP contribution in [0.3, 0.4) is 0 Å². The average Bonchev–Trinajstić information content (AvgIpc) is 2.82. The maximum absolute atomic E-state index is 11.7. The molecule has 18 heavy (non-hydrogen) atoms. The summed E-state index contributed by atoms with van der Waals surface area (Å²) in [5, 5.41) is 7.75. The first-order valence-electron chi connectivity index (χ1n) is 5.48. The van der Waals surface area contributed by atoms with Crippen LogP contribution in [0, 0.1) is 0 Å². The number of benzene rings is 1. The number of carbonyl (C=O) groups excluding carboxylic acids is 1. The number of nitrogens with one attached hydrogen (secondary N) is 2. The number of carbonyl (C=O) groups is 1. The summed E-state index contributed by atoms with van der Waals surface area (Å²) in [5.41, 5.74) is 7.47. The van der Waals surface area contributed by atoms with Crippen molar-refractivity contribution in [1.82, 2.24) is 4.98 Å². The number of rotatable bonds is 3. The zero-order valence-electron chi connectivity index (χ0n) is 9.88. The minimum absolute atomic E-state index is 0.0613. The van der Waals surface area contributed by atoms with Crippen molar-refractivity contribution in [2.75, 3.05) is 10.6 Å². The van der Waals surface area contributed by atoms with Gasteiger partial charge in [0.05, 0.1) is 0 Å². The van der Waals surface area contributed by atoms with Crippen LogP contribution in [0.5, 0.6) is 0 Å². The van der Waals surface area contributed by atoms with E-state index in [-0.39, 0.29) is 12.1 Å². The molecule has 1 atom stereocenters. The summed E-state index contributed by atoms with van der Waals surface area (Å²) in [5.74, 6) is 0. The first kappa shape index (κ1) is 12.5. The van der Waals surface area contributed by atoms with Gasteiger partial charge in [0.15, 0.2) is 5.13 Å². The maximum Gasteiger partial charge on any atom is 0.325 e. The molecule has 5 nitrogen and oxygen atoms in total. The Kier molecular flexibility index (Phi) is 3.91. The Morgan fingerprint density at radius 2 is 2.28 bits per heavy atom. The van der Waals surface area contributed by atoms with Crippen molar-refractivity contribution in [1.29, 1.82) is 0 Å². The van der Waals surface area contributed by atoms with Crippen LogP contribution in [0.1, 0.15) is 18.5 Å². The smallest absolute Gasteiger partial charge is 0.324 e. The van der Waals surface area contributed by atoms with Gasteiger partial charge in [-0.3, -0.25) is 5.32 Å². The van der Waals surface area contributed by atoms with Crippen molar-refractivity contribution in [3.05, 3.63) is 41.4 Å². The molecule has 0 bridgehead atoms. The van der Waals surface area contributed by atoms with Crippen LogP contribution in [0.2, 0.25) is 0 Å². The Hall–Kier alpha value is -1.92. The van der Waals surface area contributed by atoms with Crippen molar-refractivity contribution in [2.45, 2.75) is 13.0 Å². The molecule has 0 aliphatic rings. The Morgan fingerprint density at radius 3 is 2.94 bits per heavy atom. The first-order chi connectivity index (χ1) is 8.65. The highest BCUT2D eigenvalue weighted by atomic mass is 32.1. The van der Waals surface area contributed by atoms with Gasteiger partial charge < -0.3 is 11.1 Å². The van der Waals surface area contributed by atoms with Gasteiger partial charge in [-0.15, -0.1) is 11.3 Å². The van der Waals surface area contributed by atoms with Crippen LogP contribution in [-0.4, -0.2) is 11.0 Å². The number of hydrogen-bond acceptors (Lipinski definition) is 4. The van der Waals surface area contributed by atoms with Gasteiger partial charge in [-0.2, -0.15) is 0 Å². The highest BCUT2D eigenvalue weighted by Gasteiger charge is 2.05. The minimum atomic E-state index is -0.313. The molecule has 1 aromatic heterocycles. The summed E-state index contributed by atoms with van der Waals surface area (Å²) >= 11 is 1.37. The topological polar surface area (TPSA) is 80.0 Å². The molecular formula is C12H14N4OS. The zero-order valence-corrected chi connectivity index (χ0v) is 10.7. The van der Waals surface area contributed by atoms with Crippen molar-refractivity contribution < 1.29 is 4.79 Å². The first-order valence-corrected chi connectivity index (χ1v) is 6.36. The number of nitrogens with two attached hydrogens (primary N) is 1. The van der Waals surface area contributed by atoms with E-state index in [0.717, 1.165) is 5.56 Å². The molecule has 0 aliphatic carbocycles. The van der Waals surface area contributed by atoms with E-state index in [2.05, 4.69) is 15.6 Å². The van der Waals surface area contributed by atoms with Gasteiger partial charge in [-0.1, -0.05) is 12.1 Å². The lowest BCUT2D eigenvalue weighted by Crippen LogP contribution is -2.19. The van der Waals surface area contributed by atoms with Crippen LogP contribution in [0.25, 0.3) is 0 Å². The second-order valence-corrected chi connectivity index (χ2v) is 4.73. The number of anilines is 2. The second kappa shape index (κ2) is 5.61. The number of urea groups is 1. The molecule has 0 saturated heterocycles. The molecule has 6 heteroatoms. The predicted molar refractivity (Wildman–Crippen MR) is 73.8 cm³/mol. The van der Waals surface area contributed by atoms with E-state index < -0.39 is 0 Å². The number of amides is 2. The standard InChI is InChI=1S/C12H14N4OS/c1-8(13)9-3-2-4-10(7-9)15-11(17)16-12-14-5-6-18-12/h2-8H,13H2,1H3,(H2,14,15,16,17). The fraction of sp³-hybridized carbons (Fsp3) is 0.167. The van der Waals surface area contributed by atoms with Crippen LogP contribution < -0.4 is 16.4 Å². The number of nitrogens with zero attached hydrogens (tertiary/aromatic N) is 1. The molecule has 1 heterocycles. The highest BCUT2D eigenvalue weighted by molar-refractivity contribution is 7.13. The molecule has 2 aromatic rings.